The predicted octanol–water partition coefficient (Wildman–Crippen LogP) is 4.64. The molecule has 138 valence electrons. The molecule has 0 bridgehead atoms. The fourth-order valence-electron chi connectivity index (χ4n) is 3.91. The minimum atomic E-state index is 0.833. The first-order valence-electron chi connectivity index (χ1n) is 9.29. The molecule has 3 aromatic rings. The van der Waals surface area contributed by atoms with Gasteiger partial charge in [0.15, 0.2) is 0 Å². The average Bonchev–Trinajstić information content (AvgIpc) is 3.06. The monoisotopic (exact) mass is 350 g/mol. The molecule has 0 saturated heterocycles. The van der Waals surface area contributed by atoms with Crippen molar-refractivity contribution in [3.63, 3.8) is 0 Å². The van der Waals surface area contributed by atoms with Gasteiger partial charge in [0, 0.05) is 11.4 Å². The van der Waals surface area contributed by atoms with Crippen LogP contribution in [0.2, 0.25) is 0 Å². The third-order valence-electron chi connectivity index (χ3n) is 5.76. The molecule has 26 heavy (non-hydrogen) atoms. The Bertz CT molecular complexity index is 864. The first kappa shape index (κ1) is 18.4. The fourth-order valence-corrected chi connectivity index (χ4v) is 3.91. The molecule has 0 radical (unpaired) electrons. The molecule has 4 nitrogen and oxygen atoms in total. The number of hydrogen-bond acceptors (Lipinski definition) is 2. The lowest BCUT2D eigenvalue weighted by molar-refractivity contribution is 0.642. The van der Waals surface area contributed by atoms with Gasteiger partial charge in [0.1, 0.15) is 0 Å². The SMILES string of the molecule is Cc1cc(C)n(Cc2c(C)c(C)c(Cn3nc(C)cc3C)c(C)c2C)n1. The van der Waals surface area contributed by atoms with E-state index in [2.05, 4.69) is 87.1 Å². The van der Waals surface area contributed by atoms with Crippen molar-refractivity contribution in [2.45, 2.75) is 68.5 Å². The lowest BCUT2D eigenvalue weighted by Gasteiger charge is -2.21. The molecular weight excluding hydrogens is 320 g/mol. The van der Waals surface area contributed by atoms with Crippen LogP contribution >= 0.6 is 0 Å². The van der Waals surface area contributed by atoms with Crippen molar-refractivity contribution in [3.8, 4) is 0 Å². The molecule has 0 amide bonds. The quantitative estimate of drug-likeness (QED) is 0.687. The summed E-state index contributed by atoms with van der Waals surface area (Å²) in [7, 11) is 0. The topological polar surface area (TPSA) is 35.6 Å². The molecule has 0 aliphatic heterocycles. The molecule has 0 fully saturated rings. The van der Waals surface area contributed by atoms with Gasteiger partial charge in [-0.15, -0.1) is 0 Å². The van der Waals surface area contributed by atoms with Crippen LogP contribution in [0.1, 0.15) is 56.2 Å². The van der Waals surface area contributed by atoms with Gasteiger partial charge in [-0.3, -0.25) is 9.36 Å². The summed E-state index contributed by atoms with van der Waals surface area (Å²) in [5.41, 5.74) is 12.8. The van der Waals surface area contributed by atoms with E-state index >= 15 is 0 Å². The second-order valence-corrected chi connectivity index (χ2v) is 7.63. The lowest BCUT2D eigenvalue weighted by atomic mass is 9.88. The van der Waals surface area contributed by atoms with Crippen molar-refractivity contribution in [2.24, 2.45) is 0 Å². The van der Waals surface area contributed by atoms with Gasteiger partial charge in [-0.1, -0.05) is 0 Å². The minimum absolute atomic E-state index is 0.833. The van der Waals surface area contributed by atoms with Crippen molar-refractivity contribution >= 4 is 0 Å². The van der Waals surface area contributed by atoms with Crippen molar-refractivity contribution in [1.29, 1.82) is 0 Å². The predicted molar refractivity (Wildman–Crippen MR) is 107 cm³/mol. The third kappa shape index (κ3) is 3.20. The second-order valence-electron chi connectivity index (χ2n) is 7.63. The number of aromatic nitrogens is 4. The van der Waals surface area contributed by atoms with Gasteiger partial charge in [0.05, 0.1) is 24.5 Å². The van der Waals surface area contributed by atoms with Crippen LogP contribution in [0.15, 0.2) is 12.1 Å². The van der Waals surface area contributed by atoms with Gasteiger partial charge >= 0.3 is 0 Å². The molecule has 0 aliphatic carbocycles. The molecule has 0 spiro atoms. The van der Waals surface area contributed by atoms with Gasteiger partial charge < -0.3 is 0 Å². The lowest BCUT2D eigenvalue weighted by Crippen LogP contribution is -2.14. The minimum Gasteiger partial charge on any atom is -0.265 e. The number of rotatable bonds is 4. The van der Waals surface area contributed by atoms with Crippen molar-refractivity contribution in [3.05, 3.63) is 68.3 Å². The molecule has 0 unspecified atom stereocenters. The maximum absolute atomic E-state index is 4.65. The Balaban J connectivity index is 2.04. The largest absolute Gasteiger partial charge is 0.265 e. The highest BCUT2D eigenvalue weighted by Crippen LogP contribution is 2.28. The van der Waals surface area contributed by atoms with E-state index in [1.54, 1.807) is 0 Å². The molecule has 3 rings (SSSR count). The van der Waals surface area contributed by atoms with Gasteiger partial charge in [0.2, 0.25) is 0 Å². The summed E-state index contributed by atoms with van der Waals surface area (Å²) < 4.78 is 4.23. The van der Waals surface area contributed by atoms with Crippen LogP contribution in [-0.2, 0) is 13.1 Å². The van der Waals surface area contributed by atoms with Crippen LogP contribution in [0.5, 0.6) is 0 Å². The number of nitrogens with zero attached hydrogens (tertiary/aromatic N) is 4. The Hall–Kier alpha value is -2.36. The summed E-state index contributed by atoms with van der Waals surface area (Å²) in [5, 5.41) is 9.31. The Kier molecular flexibility index (Phi) is 4.78. The van der Waals surface area contributed by atoms with Crippen LogP contribution in [0.3, 0.4) is 0 Å². The standard InChI is InChI=1S/C22H30N4/c1-13-9-15(3)25(23-13)11-21-17(5)19(7)22(20(8)18(21)6)12-26-16(4)10-14(2)24-26/h9-10H,11-12H2,1-8H3. The molecule has 2 aromatic heterocycles. The molecule has 0 aliphatic rings. The summed E-state index contributed by atoms with van der Waals surface area (Å²) in [6.45, 7) is 19.0. The Morgan fingerprint density at radius 3 is 1.12 bits per heavy atom. The third-order valence-corrected chi connectivity index (χ3v) is 5.76. The highest BCUT2D eigenvalue weighted by Gasteiger charge is 2.17. The zero-order valence-corrected chi connectivity index (χ0v) is 17.4. The summed E-state index contributed by atoms with van der Waals surface area (Å²) in [5.74, 6) is 0. The molecule has 0 atom stereocenters. The first-order chi connectivity index (χ1) is 12.2. The fraction of sp³-hybridized carbons (Fsp3) is 0.455. The summed E-state index contributed by atoms with van der Waals surface area (Å²) >= 11 is 0. The zero-order valence-electron chi connectivity index (χ0n) is 17.4. The molecule has 2 heterocycles. The maximum atomic E-state index is 4.65. The summed E-state index contributed by atoms with van der Waals surface area (Å²) in [6.07, 6.45) is 0. The Morgan fingerprint density at radius 1 is 0.577 bits per heavy atom. The van der Waals surface area contributed by atoms with E-state index < -0.39 is 0 Å². The van der Waals surface area contributed by atoms with Crippen molar-refractivity contribution in [1.82, 2.24) is 19.6 Å². The van der Waals surface area contributed by atoms with Gasteiger partial charge in [-0.2, -0.15) is 10.2 Å². The van der Waals surface area contributed by atoms with Crippen LogP contribution in [0.4, 0.5) is 0 Å². The van der Waals surface area contributed by atoms with Crippen LogP contribution in [-0.4, -0.2) is 19.6 Å². The van der Waals surface area contributed by atoms with Crippen LogP contribution in [0, 0.1) is 55.4 Å². The number of hydrogen-bond donors (Lipinski definition) is 0. The molecule has 4 heteroatoms. The molecular formula is C22H30N4. The van der Waals surface area contributed by atoms with Gasteiger partial charge in [-0.05, 0) is 101 Å². The highest BCUT2D eigenvalue weighted by molar-refractivity contribution is 5.50. The van der Waals surface area contributed by atoms with E-state index in [-0.39, 0.29) is 0 Å². The maximum Gasteiger partial charge on any atom is 0.0667 e. The normalized spacial score (nSPS) is 11.4. The highest BCUT2D eigenvalue weighted by atomic mass is 15.3. The smallest absolute Gasteiger partial charge is 0.0667 e. The van der Waals surface area contributed by atoms with Crippen LogP contribution in [0.25, 0.3) is 0 Å². The molecule has 0 N–H and O–H groups in total. The molecule has 0 saturated carbocycles. The zero-order chi connectivity index (χ0) is 19.2. The number of benzene rings is 1. The summed E-state index contributed by atoms with van der Waals surface area (Å²) in [4.78, 5) is 0. The van der Waals surface area contributed by atoms with Gasteiger partial charge in [-0.25, -0.2) is 0 Å². The van der Waals surface area contributed by atoms with Crippen LogP contribution < -0.4 is 0 Å². The Morgan fingerprint density at radius 2 is 0.885 bits per heavy atom. The van der Waals surface area contributed by atoms with E-state index in [9.17, 15) is 0 Å². The Labute approximate surface area is 156 Å². The van der Waals surface area contributed by atoms with E-state index in [1.807, 2.05) is 0 Å². The van der Waals surface area contributed by atoms with E-state index in [0.29, 0.717) is 0 Å². The van der Waals surface area contributed by atoms with E-state index in [0.717, 1.165) is 24.5 Å². The van der Waals surface area contributed by atoms with E-state index in [4.69, 9.17) is 0 Å². The van der Waals surface area contributed by atoms with Crippen molar-refractivity contribution in [2.75, 3.05) is 0 Å². The number of aryl methyl sites for hydroxylation is 4. The first-order valence-corrected chi connectivity index (χ1v) is 9.29. The van der Waals surface area contributed by atoms with E-state index in [1.165, 1.54) is 44.8 Å². The summed E-state index contributed by atoms with van der Waals surface area (Å²) in [6, 6.07) is 4.28. The molecule has 1 aromatic carbocycles. The second kappa shape index (κ2) is 6.75. The van der Waals surface area contributed by atoms with Crippen molar-refractivity contribution < 1.29 is 0 Å². The van der Waals surface area contributed by atoms with Gasteiger partial charge in [0.25, 0.3) is 0 Å². The average molecular weight is 351 g/mol.